The quantitative estimate of drug-likeness (QED) is 0.254. The van der Waals surface area contributed by atoms with Gasteiger partial charge in [0.15, 0.2) is 0 Å². The maximum atomic E-state index is 14.3. The van der Waals surface area contributed by atoms with Crippen molar-refractivity contribution >= 4 is 46.6 Å². The molecule has 7 nitrogen and oxygen atoms in total. The average Bonchev–Trinajstić information content (AvgIpc) is 2.97. The number of aliphatic hydroxyl groups is 1. The van der Waals surface area contributed by atoms with E-state index in [9.17, 15) is 14.7 Å². The van der Waals surface area contributed by atoms with E-state index in [2.05, 4.69) is 10.8 Å². The first-order valence-corrected chi connectivity index (χ1v) is 14.9. The van der Waals surface area contributed by atoms with Gasteiger partial charge in [-0.25, -0.2) is 5.48 Å². The molecule has 3 aromatic rings. The third-order valence-electron chi connectivity index (χ3n) is 7.87. The van der Waals surface area contributed by atoms with Gasteiger partial charge in [-0.2, -0.15) is 0 Å². The molecule has 3 N–H and O–H groups in total. The molecular formula is C31H32Cl3N3O4. The van der Waals surface area contributed by atoms with Crippen molar-refractivity contribution in [3.05, 3.63) is 104 Å². The number of aliphatic hydroxyl groups excluding tert-OH is 1. The molecule has 0 bridgehead atoms. The Labute approximate surface area is 254 Å². The molecule has 0 unspecified atom stereocenters. The lowest BCUT2D eigenvalue weighted by Crippen LogP contribution is -2.58. The number of benzene rings is 3. The average molecular weight is 617 g/mol. The smallest absolute Gasteiger partial charge is 0.255 e. The molecule has 1 heterocycles. The van der Waals surface area contributed by atoms with Gasteiger partial charge in [-0.3, -0.25) is 14.4 Å². The van der Waals surface area contributed by atoms with E-state index in [1.54, 1.807) is 42.5 Å². The number of hydrogen-bond acceptors (Lipinski definition) is 5. The number of hydrogen-bond donors (Lipinski definition) is 3. The fourth-order valence-electron chi connectivity index (χ4n) is 6.04. The van der Waals surface area contributed by atoms with Crippen LogP contribution in [0.5, 0.6) is 0 Å². The zero-order valence-electron chi connectivity index (χ0n) is 22.4. The minimum absolute atomic E-state index is 0.0115. The summed E-state index contributed by atoms with van der Waals surface area (Å²) >= 11 is 19.0. The number of nitrogens with one attached hydrogen (secondary N) is 2. The van der Waals surface area contributed by atoms with Crippen LogP contribution in [0.25, 0.3) is 0 Å². The van der Waals surface area contributed by atoms with E-state index in [-0.39, 0.29) is 31.2 Å². The van der Waals surface area contributed by atoms with Crippen LogP contribution >= 0.6 is 34.8 Å². The van der Waals surface area contributed by atoms with E-state index >= 15 is 0 Å². The minimum atomic E-state index is -0.812. The minimum Gasteiger partial charge on any atom is -0.395 e. The Balaban J connectivity index is 1.56. The molecule has 0 aromatic heterocycles. The summed E-state index contributed by atoms with van der Waals surface area (Å²) < 4.78 is 0. The zero-order valence-corrected chi connectivity index (χ0v) is 24.6. The van der Waals surface area contributed by atoms with Gasteiger partial charge in [-0.15, -0.1) is 0 Å². The summed E-state index contributed by atoms with van der Waals surface area (Å²) in [5, 5.41) is 14.4. The van der Waals surface area contributed by atoms with E-state index in [1.807, 2.05) is 29.2 Å². The van der Waals surface area contributed by atoms with Gasteiger partial charge in [-0.1, -0.05) is 84.0 Å². The zero-order chi connectivity index (χ0) is 28.9. The Morgan fingerprint density at radius 3 is 2.44 bits per heavy atom. The third kappa shape index (κ3) is 6.56. The Kier molecular flexibility index (Phi) is 9.86. The highest BCUT2D eigenvalue weighted by atomic mass is 35.5. The van der Waals surface area contributed by atoms with Crippen LogP contribution < -0.4 is 10.8 Å². The van der Waals surface area contributed by atoms with Crippen LogP contribution in [0.1, 0.15) is 64.7 Å². The van der Waals surface area contributed by atoms with Gasteiger partial charge in [0.2, 0.25) is 0 Å². The highest BCUT2D eigenvalue weighted by molar-refractivity contribution is 6.35. The van der Waals surface area contributed by atoms with Crippen LogP contribution in [0.15, 0.2) is 66.7 Å². The molecule has 10 heteroatoms. The summed E-state index contributed by atoms with van der Waals surface area (Å²) in [6, 6.07) is 18.5. The number of carbonyl (C=O) groups is 2. The molecule has 216 valence electrons. The molecule has 0 spiro atoms. The summed E-state index contributed by atoms with van der Waals surface area (Å²) in [5.74, 6) is -1.37. The number of fused-ring (bicyclic) bond motifs is 1. The Morgan fingerprint density at radius 2 is 1.68 bits per heavy atom. The first-order chi connectivity index (χ1) is 19.9. The summed E-state index contributed by atoms with van der Waals surface area (Å²) in [5.41, 5.74) is 5.19. The van der Waals surface area contributed by atoms with Crippen LogP contribution in [0.3, 0.4) is 0 Å². The molecule has 1 aliphatic carbocycles. The fraction of sp³-hybridized carbons (Fsp3) is 0.355. The normalized spacial score (nSPS) is 22.3. The van der Waals surface area contributed by atoms with Crippen molar-refractivity contribution in [2.24, 2.45) is 0 Å². The van der Waals surface area contributed by atoms with Crippen molar-refractivity contribution in [2.45, 2.75) is 56.3 Å². The predicted molar refractivity (Wildman–Crippen MR) is 160 cm³/mol. The van der Waals surface area contributed by atoms with Gasteiger partial charge in [0.25, 0.3) is 11.8 Å². The number of rotatable bonds is 9. The number of nitrogens with zero attached hydrogens (tertiary/aromatic N) is 1. The van der Waals surface area contributed by atoms with Gasteiger partial charge in [-0.05, 0) is 59.9 Å². The second-order valence-corrected chi connectivity index (χ2v) is 11.7. The van der Waals surface area contributed by atoms with Crippen LogP contribution in [0.4, 0.5) is 0 Å². The van der Waals surface area contributed by atoms with Crippen molar-refractivity contribution in [3.63, 3.8) is 0 Å². The second kappa shape index (κ2) is 13.6. The summed E-state index contributed by atoms with van der Waals surface area (Å²) in [6.45, 7) is 0.541. The number of amides is 2. The van der Waals surface area contributed by atoms with Crippen molar-refractivity contribution in [1.29, 1.82) is 0 Å². The van der Waals surface area contributed by atoms with E-state index in [4.69, 9.17) is 39.6 Å². The lowest BCUT2D eigenvalue weighted by atomic mass is 9.76. The Hall–Kier alpha value is -2.65. The number of carbonyl (C=O) groups excluding carboxylic acids is 2. The molecule has 1 fully saturated rings. The molecule has 2 aliphatic rings. The fourth-order valence-corrected chi connectivity index (χ4v) is 6.68. The molecule has 4 atom stereocenters. The van der Waals surface area contributed by atoms with Gasteiger partial charge in [0, 0.05) is 39.3 Å². The molecular weight excluding hydrogens is 585 g/mol. The molecule has 5 rings (SSSR count). The van der Waals surface area contributed by atoms with E-state index < -0.39 is 17.9 Å². The van der Waals surface area contributed by atoms with Crippen LogP contribution in [-0.2, 0) is 16.2 Å². The largest absolute Gasteiger partial charge is 0.395 e. The standard InChI is InChI=1S/C31H32Cl3N3O4/c32-20-11-9-19(10-12-20)18-41-36-30(39)28-22-5-1-2-6-23(22)31(40)37(27-8-4-3-7-26(27)35-15-16-38)29(28)24-14-13-21(33)17-25(24)34/h1-2,5-6,9-14,17,26-29,35,38H,3-4,7-8,15-16,18H2,(H,36,39)/t26-,27-,28+,29-/m0/s1. The molecule has 0 radical (unpaired) electrons. The summed E-state index contributed by atoms with van der Waals surface area (Å²) in [4.78, 5) is 35.8. The summed E-state index contributed by atoms with van der Waals surface area (Å²) in [7, 11) is 0. The van der Waals surface area contributed by atoms with E-state index in [0.29, 0.717) is 38.3 Å². The molecule has 1 saturated carbocycles. The van der Waals surface area contributed by atoms with Gasteiger partial charge >= 0.3 is 0 Å². The summed E-state index contributed by atoms with van der Waals surface area (Å²) in [6.07, 6.45) is 3.54. The number of halogens is 3. The third-order valence-corrected chi connectivity index (χ3v) is 8.68. The maximum Gasteiger partial charge on any atom is 0.255 e. The van der Waals surface area contributed by atoms with Crippen LogP contribution in [0, 0.1) is 0 Å². The van der Waals surface area contributed by atoms with Crippen molar-refractivity contribution in [3.8, 4) is 0 Å². The lowest BCUT2D eigenvalue weighted by molar-refractivity contribution is -0.138. The molecule has 41 heavy (non-hydrogen) atoms. The molecule has 3 aromatic carbocycles. The number of hydroxylamine groups is 1. The van der Waals surface area contributed by atoms with Crippen LogP contribution in [0.2, 0.25) is 15.1 Å². The van der Waals surface area contributed by atoms with E-state index in [1.165, 1.54) is 0 Å². The highest BCUT2D eigenvalue weighted by Gasteiger charge is 2.49. The Bertz CT molecular complexity index is 1390. The predicted octanol–water partition coefficient (Wildman–Crippen LogP) is 6.07. The Morgan fingerprint density at radius 1 is 0.951 bits per heavy atom. The highest BCUT2D eigenvalue weighted by Crippen LogP contribution is 2.47. The van der Waals surface area contributed by atoms with E-state index in [0.717, 1.165) is 31.2 Å². The molecule has 2 amide bonds. The first kappa shape index (κ1) is 29.8. The first-order valence-electron chi connectivity index (χ1n) is 13.8. The monoisotopic (exact) mass is 615 g/mol. The van der Waals surface area contributed by atoms with Gasteiger partial charge in [0.05, 0.1) is 25.2 Å². The van der Waals surface area contributed by atoms with Crippen molar-refractivity contribution in [2.75, 3.05) is 13.2 Å². The second-order valence-electron chi connectivity index (χ2n) is 10.4. The lowest BCUT2D eigenvalue weighted by Gasteiger charge is -2.49. The van der Waals surface area contributed by atoms with Crippen molar-refractivity contribution < 1.29 is 19.5 Å². The topological polar surface area (TPSA) is 90.9 Å². The van der Waals surface area contributed by atoms with Crippen molar-refractivity contribution in [1.82, 2.24) is 15.7 Å². The molecule has 0 saturated heterocycles. The van der Waals surface area contributed by atoms with Crippen LogP contribution in [-0.4, -0.2) is 47.1 Å². The van der Waals surface area contributed by atoms with Gasteiger partial charge < -0.3 is 15.3 Å². The molecule has 1 aliphatic heterocycles. The maximum absolute atomic E-state index is 14.3. The van der Waals surface area contributed by atoms with Gasteiger partial charge in [0.1, 0.15) is 0 Å². The SMILES string of the molecule is O=C(NOCc1ccc(Cl)cc1)[C@@H]1c2ccccc2C(=O)N([C@H]2CCCC[C@@H]2NCCO)[C@H]1c1ccc(Cl)cc1Cl.